The van der Waals surface area contributed by atoms with Crippen LogP contribution in [-0.2, 0) is 0 Å². The molecule has 0 radical (unpaired) electrons. The van der Waals surface area contributed by atoms with Gasteiger partial charge in [-0.15, -0.1) is 0 Å². The van der Waals surface area contributed by atoms with Gasteiger partial charge in [-0.2, -0.15) is 4.98 Å². The Kier molecular flexibility index (Phi) is 1.79. The fourth-order valence-corrected chi connectivity index (χ4v) is 1.40. The molecule has 2 heterocycles. The number of nitrogens with zero attached hydrogens (tertiary/aromatic N) is 2. The Hall–Kier alpha value is -2.50. The Morgan fingerprint density at radius 1 is 1.31 bits per heavy atom. The number of nitrogens with one attached hydrogen (secondary N) is 2. The molecule has 3 N–H and O–H groups in total. The number of H-pyrrole nitrogens is 1. The summed E-state index contributed by atoms with van der Waals surface area (Å²) in [6.45, 7) is 0. The van der Waals surface area contributed by atoms with Crippen LogP contribution < -0.4 is 5.32 Å². The highest BCUT2D eigenvalue weighted by Crippen LogP contribution is 2.20. The highest BCUT2D eigenvalue weighted by molar-refractivity contribution is 5.74. The molecule has 1 aromatic carbocycles. The topological polar surface area (TPSA) is 87.0 Å². The summed E-state index contributed by atoms with van der Waals surface area (Å²) < 4.78 is 5.42. The summed E-state index contributed by atoms with van der Waals surface area (Å²) >= 11 is 0. The molecular weight excluding hydrogens is 208 g/mol. The maximum absolute atomic E-state index is 9.06. The minimum atomic E-state index is -0.0152. The third kappa shape index (κ3) is 1.46. The van der Waals surface area contributed by atoms with Crippen molar-refractivity contribution < 1.29 is 9.52 Å². The van der Waals surface area contributed by atoms with Gasteiger partial charge in [0.25, 0.3) is 0 Å². The van der Waals surface area contributed by atoms with Gasteiger partial charge in [-0.3, -0.25) is 10.3 Å². The lowest BCUT2D eigenvalue weighted by Crippen LogP contribution is -1.91. The van der Waals surface area contributed by atoms with Gasteiger partial charge in [0.2, 0.25) is 11.8 Å². The molecule has 0 unspecified atom stereocenters. The second kappa shape index (κ2) is 3.27. The van der Waals surface area contributed by atoms with Crippen LogP contribution in [0.1, 0.15) is 0 Å². The third-order valence-corrected chi connectivity index (χ3v) is 2.08. The number of anilines is 2. The van der Waals surface area contributed by atoms with Crippen molar-refractivity contribution in [1.82, 2.24) is 15.0 Å². The number of benzene rings is 1. The molecule has 3 rings (SSSR count). The van der Waals surface area contributed by atoms with Crippen molar-refractivity contribution in [3.8, 4) is 5.88 Å². The van der Waals surface area contributed by atoms with E-state index in [4.69, 9.17) is 9.52 Å². The van der Waals surface area contributed by atoms with E-state index in [0.29, 0.717) is 17.5 Å². The number of aromatic nitrogens is 3. The summed E-state index contributed by atoms with van der Waals surface area (Å²) in [7, 11) is 0. The van der Waals surface area contributed by atoms with Crippen LogP contribution in [0.25, 0.3) is 11.1 Å². The van der Waals surface area contributed by atoms with E-state index in [-0.39, 0.29) is 5.88 Å². The van der Waals surface area contributed by atoms with Crippen LogP contribution in [0.3, 0.4) is 0 Å². The fourth-order valence-electron chi connectivity index (χ4n) is 1.40. The van der Waals surface area contributed by atoms with E-state index in [0.717, 1.165) is 5.52 Å². The molecule has 0 bridgehead atoms. The number of aromatic hydroxyl groups is 1. The van der Waals surface area contributed by atoms with E-state index in [1.165, 1.54) is 6.20 Å². The van der Waals surface area contributed by atoms with E-state index < -0.39 is 0 Å². The van der Waals surface area contributed by atoms with Gasteiger partial charge in [0, 0.05) is 0 Å². The van der Waals surface area contributed by atoms with Crippen molar-refractivity contribution in [2.24, 2.45) is 0 Å². The molecule has 6 nitrogen and oxygen atoms in total. The standard InChI is InChI=1S/C10H8N4O2/c15-8-5-11-9(13-8)14-10-12-6-3-1-2-4-7(6)16-10/h1-5,15H,(H2,11,12,13,14). The molecule has 2 aromatic heterocycles. The molecule has 0 fully saturated rings. The number of hydrogen-bond donors (Lipinski definition) is 3. The Balaban J connectivity index is 1.95. The molecule has 0 aliphatic carbocycles. The number of aromatic amines is 1. The first-order valence-electron chi connectivity index (χ1n) is 4.68. The molecule has 80 valence electrons. The van der Waals surface area contributed by atoms with Crippen molar-refractivity contribution in [2.75, 3.05) is 5.32 Å². The maximum Gasteiger partial charge on any atom is 0.302 e. The van der Waals surface area contributed by atoms with Crippen LogP contribution in [0.4, 0.5) is 12.0 Å². The normalized spacial score (nSPS) is 10.8. The van der Waals surface area contributed by atoms with Crippen molar-refractivity contribution in [3.05, 3.63) is 30.5 Å². The van der Waals surface area contributed by atoms with Crippen molar-refractivity contribution in [2.45, 2.75) is 0 Å². The number of hydrogen-bond acceptors (Lipinski definition) is 5. The zero-order valence-electron chi connectivity index (χ0n) is 8.14. The number of para-hydroxylation sites is 2. The van der Waals surface area contributed by atoms with E-state index in [9.17, 15) is 0 Å². The molecule has 0 aliphatic heterocycles. The van der Waals surface area contributed by atoms with Gasteiger partial charge >= 0.3 is 6.01 Å². The summed E-state index contributed by atoms with van der Waals surface area (Å²) in [4.78, 5) is 10.7. The predicted molar refractivity (Wildman–Crippen MR) is 57.5 cm³/mol. The van der Waals surface area contributed by atoms with Gasteiger partial charge in [-0.05, 0) is 12.1 Å². The van der Waals surface area contributed by atoms with E-state index in [1.54, 1.807) is 0 Å². The fraction of sp³-hybridized carbons (Fsp3) is 0. The van der Waals surface area contributed by atoms with Crippen LogP contribution in [0.5, 0.6) is 5.88 Å². The Morgan fingerprint density at radius 3 is 2.94 bits per heavy atom. The number of fused-ring (bicyclic) bond motifs is 1. The Bertz CT molecular complexity index is 595. The molecule has 0 saturated heterocycles. The summed E-state index contributed by atoms with van der Waals surface area (Å²) in [5.74, 6) is 0.364. The van der Waals surface area contributed by atoms with E-state index in [2.05, 4.69) is 20.3 Å². The molecule has 0 atom stereocenters. The maximum atomic E-state index is 9.06. The van der Waals surface area contributed by atoms with Gasteiger partial charge < -0.3 is 9.52 Å². The van der Waals surface area contributed by atoms with E-state index >= 15 is 0 Å². The molecule has 0 saturated carbocycles. The highest BCUT2D eigenvalue weighted by Gasteiger charge is 2.06. The lowest BCUT2D eigenvalue weighted by molar-refractivity contribution is 0.457. The third-order valence-electron chi connectivity index (χ3n) is 2.08. The lowest BCUT2D eigenvalue weighted by atomic mass is 10.3. The average molecular weight is 216 g/mol. The van der Waals surface area contributed by atoms with Crippen molar-refractivity contribution in [3.63, 3.8) is 0 Å². The van der Waals surface area contributed by atoms with Gasteiger partial charge in [0.15, 0.2) is 5.58 Å². The van der Waals surface area contributed by atoms with Crippen LogP contribution in [0.15, 0.2) is 34.9 Å². The first-order valence-corrected chi connectivity index (χ1v) is 4.68. The van der Waals surface area contributed by atoms with Crippen LogP contribution in [0, 0.1) is 0 Å². The first-order chi connectivity index (χ1) is 7.81. The lowest BCUT2D eigenvalue weighted by Gasteiger charge is -1.93. The number of rotatable bonds is 2. The molecule has 0 aliphatic rings. The zero-order valence-corrected chi connectivity index (χ0v) is 8.14. The Morgan fingerprint density at radius 2 is 2.19 bits per heavy atom. The van der Waals surface area contributed by atoms with Crippen LogP contribution in [0.2, 0.25) is 0 Å². The smallest absolute Gasteiger partial charge is 0.302 e. The van der Waals surface area contributed by atoms with Crippen LogP contribution >= 0.6 is 0 Å². The first kappa shape index (κ1) is 8.78. The SMILES string of the molecule is Oc1cnc(Nc2nc3ccccc3o2)[nH]1. The van der Waals surface area contributed by atoms with Gasteiger partial charge in [0.05, 0.1) is 6.20 Å². The van der Waals surface area contributed by atoms with Gasteiger partial charge in [0.1, 0.15) is 5.52 Å². The van der Waals surface area contributed by atoms with Gasteiger partial charge in [-0.25, -0.2) is 4.98 Å². The zero-order chi connectivity index (χ0) is 11.0. The monoisotopic (exact) mass is 216 g/mol. The minimum Gasteiger partial charge on any atom is -0.493 e. The van der Waals surface area contributed by atoms with Crippen molar-refractivity contribution in [1.29, 1.82) is 0 Å². The molecule has 0 spiro atoms. The molecule has 0 amide bonds. The average Bonchev–Trinajstić information content (AvgIpc) is 2.84. The molecule has 6 heteroatoms. The predicted octanol–water partition coefficient (Wildman–Crippen LogP) is 2.00. The molecule has 16 heavy (non-hydrogen) atoms. The quantitative estimate of drug-likeness (QED) is 0.609. The van der Waals surface area contributed by atoms with Gasteiger partial charge in [-0.1, -0.05) is 12.1 Å². The summed E-state index contributed by atoms with van der Waals surface area (Å²) in [6.07, 6.45) is 1.30. The second-order valence-electron chi connectivity index (χ2n) is 3.23. The Labute approximate surface area is 90.0 Å². The minimum absolute atomic E-state index is 0.0152. The molecule has 3 aromatic rings. The van der Waals surface area contributed by atoms with Crippen LogP contribution in [-0.4, -0.2) is 20.1 Å². The summed E-state index contributed by atoms with van der Waals surface area (Å²) in [5, 5.41) is 11.9. The summed E-state index contributed by atoms with van der Waals surface area (Å²) in [5.41, 5.74) is 1.46. The largest absolute Gasteiger partial charge is 0.493 e. The van der Waals surface area contributed by atoms with E-state index in [1.807, 2.05) is 24.3 Å². The second-order valence-corrected chi connectivity index (χ2v) is 3.23. The number of imidazole rings is 1. The van der Waals surface area contributed by atoms with Crippen molar-refractivity contribution >= 4 is 23.1 Å². The highest BCUT2D eigenvalue weighted by atomic mass is 16.4. The number of oxazole rings is 1. The molecular formula is C10H8N4O2. The summed E-state index contributed by atoms with van der Waals surface area (Å²) in [6, 6.07) is 7.76.